The van der Waals surface area contributed by atoms with Crippen molar-refractivity contribution in [1.29, 1.82) is 0 Å². The monoisotopic (exact) mass is 341 g/mol. The maximum atomic E-state index is 12.3. The Labute approximate surface area is 127 Å². The number of non-ortho nitro benzene ring substituents is 1. The molecule has 1 heterocycles. The molecule has 0 saturated carbocycles. The van der Waals surface area contributed by atoms with Gasteiger partial charge in [0, 0.05) is 31.3 Å². The third-order valence-corrected chi connectivity index (χ3v) is 5.28. The molecule has 1 fully saturated rings. The molecule has 1 aromatic carbocycles. The fourth-order valence-corrected chi connectivity index (χ4v) is 3.92. The Hall–Kier alpha value is -0.930. The minimum Gasteiger partial charge on any atom is -0.326 e. The van der Waals surface area contributed by atoms with Crippen LogP contribution in [0.15, 0.2) is 23.1 Å². The van der Waals surface area contributed by atoms with Gasteiger partial charge in [-0.15, -0.1) is 12.4 Å². The van der Waals surface area contributed by atoms with Gasteiger partial charge in [0.15, 0.2) is 0 Å². The molecule has 1 saturated heterocycles. The normalized spacial score (nSPS) is 19.6. The highest BCUT2D eigenvalue weighted by Gasteiger charge is 2.33. The highest BCUT2D eigenvalue weighted by Crippen LogP contribution is 2.30. The molecule has 1 aromatic rings. The molecule has 20 heavy (non-hydrogen) atoms. The van der Waals surface area contributed by atoms with Crippen molar-refractivity contribution >= 4 is 39.7 Å². The number of hydrogen-bond donors (Lipinski definition) is 1. The summed E-state index contributed by atoms with van der Waals surface area (Å²) in [5, 5.41) is 10.7. The Balaban J connectivity index is 0.00000200. The molecule has 1 atom stereocenters. The highest BCUT2D eigenvalue weighted by atomic mass is 35.5. The van der Waals surface area contributed by atoms with Crippen molar-refractivity contribution < 1.29 is 13.3 Å². The van der Waals surface area contributed by atoms with Crippen molar-refractivity contribution in [2.45, 2.75) is 17.4 Å². The minimum atomic E-state index is -3.84. The smallest absolute Gasteiger partial charge is 0.270 e. The van der Waals surface area contributed by atoms with Crippen LogP contribution in [0, 0.1) is 10.1 Å². The number of nitrogens with two attached hydrogens (primary N) is 1. The number of nitro groups is 1. The molecule has 112 valence electrons. The summed E-state index contributed by atoms with van der Waals surface area (Å²) in [5.74, 6) is 0. The lowest BCUT2D eigenvalue weighted by Gasteiger charge is -2.16. The number of sulfonamides is 1. The molecule has 0 radical (unpaired) electrons. The zero-order valence-corrected chi connectivity index (χ0v) is 12.6. The summed E-state index contributed by atoms with van der Waals surface area (Å²) in [6.45, 7) is 0.490. The number of halogens is 2. The van der Waals surface area contributed by atoms with E-state index in [2.05, 4.69) is 0 Å². The van der Waals surface area contributed by atoms with Gasteiger partial charge >= 0.3 is 0 Å². The molecular formula is C10H13Cl2N3O4S. The maximum absolute atomic E-state index is 12.3. The zero-order chi connectivity index (χ0) is 14.2. The third-order valence-electron chi connectivity index (χ3n) is 2.93. The van der Waals surface area contributed by atoms with Gasteiger partial charge in [0.1, 0.15) is 4.90 Å². The predicted molar refractivity (Wildman–Crippen MR) is 76.7 cm³/mol. The van der Waals surface area contributed by atoms with Crippen molar-refractivity contribution in [1.82, 2.24) is 4.31 Å². The van der Waals surface area contributed by atoms with E-state index in [1.165, 1.54) is 10.4 Å². The summed E-state index contributed by atoms with van der Waals surface area (Å²) >= 11 is 5.84. The van der Waals surface area contributed by atoms with Crippen LogP contribution in [0.1, 0.15) is 6.42 Å². The second-order valence-corrected chi connectivity index (χ2v) is 6.60. The summed E-state index contributed by atoms with van der Waals surface area (Å²) in [6, 6.07) is 3.13. The van der Waals surface area contributed by atoms with Gasteiger partial charge in [-0.05, 0) is 12.5 Å². The Morgan fingerprint density at radius 2 is 2.10 bits per heavy atom. The molecule has 0 spiro atoms. The molecule has 7 nitrogen and oxygen atoms in total. The van der Waals surface area contributed by atoms with Crippen LogP contribution in [0.3, 0.4) is 0 Å². The Kier molecular flexibility index (Phi) is 5.33. The van der Waals surface area contributed by atoms with E-state index in [9.17, 15) is 18.5 Å². The maximum Gasteiger partial charge on any atom is 0.270 e. The lowest BCUT2D eigenvalue weighted by Crippen LogP contribution is -2.32. The molecule has 2 rings (SSSR count). The zero-order valence-electron chi connectivity index (χ0n) is 10.2. The minimum absolute atomic E-state index is 0. The van der Waals surface area contributed by atoms with E-state index in [1.807, 2.05) is 0 Å². The summed E-state index contributed by atoms with van der Waals surface area (Å²) in [5.41, 5.74) is 5.36. The second-order valence-electron chi connectivity index (χ2n) is 4.28. The van der Waals surface area contributed by atoms with Crippen LogP contribution in [-0.2, 0) is 10.0 Å². The predicted octanol–water partition coefficient (Wildman–Crippen LogP) is 1.39. The molecule has 0 amide bonds. The number of nitro benzene ring substituents is 1. The number of nitrogens with zero attached hydrogens (tertiary/aromatic N) is 2. The van der Waals surface area contributed by atoms with E-state index < -0.39 is 14.9 Å². The van der Waals surface area contributed by atoms with E-state index in [0.717, 1.165) is 12.1 Å². The molecule has 0 bridgehead atoms. The molecule has 2 N–H and O–H groups in total. The number of benzene rings is 1. The Morgan fingerprint density at radius 3 is 2.60 bits per heavy atom. The number of rotatable bonds is 3. The summed E-state index contributed by atoms with van der Waals surface area (Å²) in [6.07, 6.45) is 0.561. The number of hydrogen-bond acceptors (Lipinski definition) is 5. The molecule has 10 heteroatoms. The second kappa shape index (κ2) is 6.23. The van der Waals surface area contributed by atoms with Crippen LogP contribution in [0.25, 0.3) is 0 Å². The van der Waals surface area contributed by atoms with Crippen LogP contribution in [0.2, 0.25) is 5.02 Å². The Bertz CT molecular complexity index is 623. The van der Waals surface area contributed by atoms with Gasteiger partial charge in [0.2, 0.25) is 10.0 Å². The molecule has 1 unspecified atom stereocenters. The van der Waals surface area contributed by atoms with Crippen molar-refractivity contribution in [3.8, 4) is 0 Å². The van der Waals surface area contributed by atoms with Gasteiger partial charge in [0.05, 0.1) is 9.95 Å². The highest BCUT2D eigenvalue weighted by molar-refractivity contribution is 7.89. The molecule has 1 aliphatic heterocycles. The fourth-order valence-electron chi connectivity index (χ4n) is 1.91. The van der Waals surface area contributed by atoms with Gasteiger partial charge in [-0.25, -0.2) is 8.42 Å². The quantitative estimate of drug-likeness (QED) is 0.660. The van der Waals surface area contributed by atoms with E-state index in [4.69, 9.17) is 17.3 Å². The standard InChI is InChI=1S/C10H12ClN3O4S.ClH/c11-9-2-1-8(14(15)16)5-10(9)19(17,18)13-4-3-7(12)6-13;/h1-2,5,7H,3-4,6,12H2;1H. The van der Waals surface area contributed by atoms with Crippen LogP contribution in [0.5, 0.6) is 0 Å². The summed E-state index contributed by atoms with van der Waals surface area (Å²) in [7, 11) is -3.84. The fraction of sp³-hybridized carbons (Fsp3) is 0.400. The lowest BCUT2D eigenvalue weighted by molar-refractivity contribution is -0.385. The van der Waals surface area contributed by atoms with Gasteiger partial charge in [-0.1, -0.05) is 11.6 Å². The van der Waals surface area contributed by atoms with Crippen molar-refractivity contribution in [3.63, 3.8) is 0 Å². The average Bonchev–Trinajstić information content (AvgIpc) is 2.76. The first-order valence-electron chi connectivity index (χ1n) is 5.52. The van der Waals surface area contributed by atoms with E-state index in [1.54, 1.807) is 0 Å². The van der Waals surface area contributed by atoms with Gasteiger partial charge in [-0.2, -0.15) is 4.31 Å². The first-order chi connectivity index (χ1) is 8.82. The van der Waals surface area contributed by atoms with E-state index in [0.29, 0.717) is 13.0 Å². The van der Waals surface area contributed by atoms with E-state index in [-0.39, 0.29) is 40.6 Å². The van der Waals surface area contributed by atoms with Gasteiger partial charge in [0.25, 0.3) is 5.69 Å². The first kappa shape index (κ1) is 17.1. The lowest BCUT2D eigenvalue weighted by atomic mass is 10.3. The average molecular weight is 342 g/mol. The largest absolute Gasteiger partial charge is 0.326 e. The summed E-state index contributed by atoms with van der Waals surface area (Å²) in [4.78, 5) is 9.78. The van der Waals surface area contributed by atoms with E-state index >= 15 is 0 Å². The van der Waals surface area contributed by atoms with Gasteiger partial charge in [-0.3, -0.25) is 10.1 Å². The van der Waals surface area contributed by atoms with Crippen LogP contribution < -0.4 is 5.73 Å². The van der Waals surface area contributed by atoms with Crippen LogP contribution in [0.4, 0.5) is 5.69 Å². The molecular weight excluding hydrogens is 329 g/mol. The van der Waals surface area contributed by atoms with Gasteiger partial charge < -0.3 is 5.73 Å². The Morgan fingerprint density at radius 1 is 1.45 bits per heavy atom. The molecule has 1 aliphatic rings. The van der Waals surface area contributed by atoms with Crippen LogP contribution >= 0.6 is 24.0 Å². The topological polar surface area (TPSA) is 107 Å². The van der Waals surface area contributed by atoms with Crippen molar-refractivity contribution in [3.05, 3.63) is 33.3 Å². The summed E-state index contributed by atoms with van der Waals surface area (Å²) < 4.78 is 25.9. The molecule has 0 aromatic heterocycles. The van der Waals surface area contributed by atoms with Crippen molar-refractivity contribution in [2.24, 2.45) is 5.73 Å². The third kappa shape index (κ3) is 3.21. The van der Waals surface area contributed by atoms with Crippen LogP contribution in [-0.4, -0.2) is 36.8 Å². The van der Waals surface area contributed by atoms with Crippen molar-refractivity contribution in [2.75, 3.05) is 13.1 Å². The molecule has 0 aliphatic carbocycles. The SMILES string of the molecule is Cl.NC1CCN(S(=O)(=O)c2cc([N+](=O)[O-])ccc2Cl)C1. The first-order valence-corrected chi connectivity index (χ1v) is 7.34.